The number of unbranched alkanes of at least 4 members (excludes halogenated alkanes) is 1. The zero-order chi connectivity index (χ0) is 15.1. The molecule has 0 atom stereocenters. The smallest absolute Gasteiger partial charge is 0.193 e. The van der Waals surface area contributed by atoms with Crippen molar-refractivity contribution in [2.24, 2.45) is 10.7 Å². The van der Waals surface area contributed by atoms with Crippen LogP contribution in [-0.4, -0.2) is 17.5 Å². The van der Waals surface area contributed by atoms with E-state index in [0.29, 0.717) is 5.96 Å². The summed E-state index contributed by atoms with van der Waals surface area (Å²) in [6.07, 6.45) is 3.14. The van der Waals surface area contributed by atoms with E-state index in [1.54, 1.807) is 11.3 Å². The SMILES string of the molecule is Cc1ccc(NC(N)=NCCCCc2nc(C)cs2)cc1.I. The second-order valence-electron chi connectivity index (χ2n) is 5.10. The van der Waals surface area contributed by atoms with Crippen molar-refractivity contribution in [2.75, 3.05) is 11.9 Å². The van der Waals surface area contributed by atoms with Gasteiger partial charge in [0.15, 0.2) is 5.96 Å². The molecule has 0 saturated heterocycles. The molecule has 0 amide bonds. The van der Waals surface area contributed by atoms with E-state index in [1.165, 1.54) is 10.6 Å². The fourth-order valence-electron chi connectivity index (χ4n) is 1.93. The molecule has 2 rings (SSSR count). The number of hydrogen-bond donors (Lipinski definition) is 2. The van der Waals surface area contributed by atoms with E-state index < -0.39 is 0 Å². The number of rotatable bonds is 6. The molecule has 0 saturated carbocycles. The molecule has 4 nitrogen and oxygen atoms in total. The van der Waals surface area contributed by atoms with Crippen LogP contribution in [0.3, 0.4) is 0 Å². The van der Waals surface area contributed by atoms with Gasteiger partial charge >= 0.3 is 0 Å². The number of nitrogens with zero attached hydrogens (tertiary/aromatic N) is 2. The third-order valence-electron chi connectivity index (χ3n) is 3.07. The molecule has 3 N–H and O–H groups in total. The predicted molar refractivity (Wildman–Crippen MR) is 106 cm³/mol. The quantitative estimate of drug-likeness (QED) is 0.314. The number of benzene rings is 1. The summed E-state index contributed by atoms with van der Waals surface area (Å²) in [7, 11) is 0. The van der Waals surface area contributed by atoms with Crippen molar-refractivity contribution in [1.29, 1.82) is 0 Å². The molecule has 6 heteroatoms. The van der Waals surface area contributed by atoms with Crippen LogP contribution in [0.15, 0.2) is 34.6 Å². The first-order chi connectivity index (χ1) is 10.1. The lowest BCUT2D eigenvalue weighted by Crippen LogP contribution is -2.22. The van der Waals surface area contributed by atoms with Gasteiger partial charge in [-0.1, -0.05) is 17.7 Å². The lowest BCUT2D eigenvalue weighted by atomic mass is 10.2. The molecule has 0 bridgehead atoms. The van der Waals surface area contributed by atoms with E-state index in [-0.39, 0.29) is 24.0 Å². The van der Waals surface area contributed by atoms with E-state index in [4.69, 9.17) is 5.73 Å². The minimum Gasteiger partial charge on any atom is -0.370 e. The van der Waals surface area contributed by atoms with E-state index in [9.17, 15) is 0 Å². The van der Waals surface area contributed by atoms with Crippen LogP contribution in [0.5, 0.6) is 0 Å². The molecule has 120 valence electrons. The molecular weight excluding hydrogens is 407 g/mol. The van der Waals surface area contributed by atoms with Crippen molar-refractivity contribution in [3.63, 3.8) is 0 Å². The highest BCUT2D eigenvalue weighted by molar-refractivity contribution is 14.0. The maximum absolute atomic E-state index is 5.87. The molecule has 22 heavy (non-hydrogen) atoms. The third-order valence-corrected chi connectivity index (χ3v) is 4.10. The van der Waals surface area contributed by atoms with Gasteiger partial charge in [0, 0.05) is 23.3 Å². The lowest BCUT2D eigenvalue weighted by Gasteiger charge is -2.05. The molecule has 0 aliphatic carbocycles. The van der Waals surface area contributed by atoms with Crippen molar-refractivity contribution in [2.45, 2.75) is 33.1 Å². The van der Waals surface area contributed by atoms with Crippen molar-refractivity contribution < 1.29 is 0 Å². The Balaban J connectivity index is 0.00000242. The first kappa shape index (κ1) is 18.9. The number of anilines is 1. The highest BCUT2D eigenvalue weighted by Gasteiger charge is 1.98. The Hall–Kier alpha value is -1.15. The predicted octanol–water partition coefficient (Wildman–Crippen LogP) is 4.13. The Labute approximate surface area is 153 Å². The molecule has 1 aromatic heterocycles. The molecule has 0 unspecified atom stereocenters. The van der Waals surface area contributed by atoms with Gasteiger partial charge in [0.05, 0.1) is 5.01 Å². The Kier molecular flexibility index (Phi) is 8.40. The van der Waals surface area contributed by atoms with Crippen LogP contribution in [-0.2, 0) is 6.42 Å². The maximum Gasteiger partial charge on any atom is 0.193 e. The number of hydrogen-bond acceptors (Lipinski definition) is 3. The molecule has 1 aromatic carbocycles. The number of guanidine groups is 1. The van der Waals surface area contributed by atoms with Crippen LogP contribution in [0.1, 0.15) is 29.1 Å². The second kappa shape index (κ2) is 9.78. The zero-order valence-electron chi connectivity index (χ0n) is 13.0. The van der Waals surface area contributed by atoms with Gasteiger partial charge in [0.25, 0.3) is 0 Å². The van der Waals surface area contributed by atoms with Gasteiger partial charge < -0.3 is 11.1 Å². The summed E-state index contributed by atoms with van der Waals surface area (Å²) in [5.41, 5.74) is 9.18. The van der Waals surface area contributed by atoms with Crippen molar-refractivity contribution in [3.8, 4) is 0 Å². The number of nitrogens with one attached hydrogen (secondary N) is 1. The molecule has 0 aliphatic rings. The normalized spacial score (nSPS) is 11.1. The number of aliphatic imine (C=N–C) groups is 1. The van der Waals surface area contributed by atoms with E-state index in [1.807, 2.05) is 31.2 Å². The third kappa shape index (κ3) is 6.74. The minimum atomic E-state index is 0. The van der Waals surface area contributed by atoms with Crippen molar-refractivity contribution in [3.05, 3.63) is 45.9 Å². The second-order valence-corrected chi connectivity index (χ2v) is 6.04. The summed E-state index contributed by atoms with van der Waals surface area (Å²) in [6, 6.07) is 8.10. The molecule has 0 aliphatic heterocycles. The largest absolute Gasteiger partial charge is 0.370 e. The summed E-state index contributed by atoms with van der Waals surface area (Å²) >= 11 is 1.73. The Morgan fingerprint density at radius 3 is 2.59 bits per heavy atom. The topological polar surface area (TPSA) is 63.3 Å². The fourth-order valence-corrected chi connectivity index (χ4v) is 2.75. The molecule has 2 aromatic rings. The summed E-state index contributed by atoms with van der Waals surface area (Å²) in [5, 5.41) is 6.40. The molecule has 0 fully saturated rings. The van der Waals surface area contributed by atoms with E-state index in [0.717, 1.165) is 37.2 Å². The Morgan fingerprint density at radius 2 is 1.95 bits per heavy atom. The van der Waals surface area contributed by atoms with Crippen LogP contribution in [0.25, 0.3) is 0 Å². The average Bonchev–Trinajstić information content (AvgIpc) is 2.87. The van der Waals surface area contributed by atoms with Crippen LogP contribution in [0.4, 0.5) is 5.69 Å². The number of nitrogens with two attached hydrogens (primary N) is 1. The molecule has 0 radical (unpaired) electrons. The highest BCUT2D eigenvalue weighted by Crippen LogP contribution is 2.12. The first-order valence-electron chi connectivity index (χ1n) is 7.18. The van der Waals surface area contributed by atoms with E-state index in [2.05, 4.69) is 27.6 Å². The van der Waals surface area contributed by atoms with E-state index >= 15 is 0 Å². The van der Waals surface area contributed by atoms with Gasteiger partial charge in [-0.2, -0.15) is 0 Å². The van der Waals surface area contributed by atoms with Crippen LogP contribution < -0.4 is 11.1 Å². The van der Waals surface area contributed by atoms with Gasteiger partial charge in [-0.25, -0.2) is 4.98 Å². The summed E-state index contributed by atoms with van der Waals surface area (Å²) in [6.45, 7) is 4.84. The van der Waals surface area contributed by atoms with Gasteiger partial charge in [0.2, 0.25) is 0 Å². The van der Waals surface area contributed by atoms with Crippen LogP contribution in [0, 0.1) is 13.8 Å². The van der Waals surface area contributed by atoms with Crippen molar-refractivity contribution in [1.82, 2.24) is 4.98 Å². The van der Waals surface area contributed by atoms with Crippen LogP contribution in [0.2, 0.25) is 0 Å². The number of thiazole rings is 1. The molecular formula is C16H23IN4S. The fraction of sp³-hybridized carbons (Fsp3) is 0.375. The van der Waals surface area contributed by atoms with Gasteiger partial charge in [-0.05, 0) is 45.2 Å². The molecule has 1 heterocycles. The monoisotopic (exact) mass is 430 g/mol. The van der Waals surface area contributed by atoms with Crippen molar-refractivity contribution >= 4 is 47.0 Å². The Bertz CT molecular complexity index is 592. The zero-order valence-corrected chi connectivity index (χ0v) is 16.2. The van der Waals surface area contributed by atoms with Gasteiger partial charge in [0.1, 0.15) is 0 Å². The van der Waals surface area contributed by atoms with Gasteiger partial charge in [-0.3, -0.25) is 4.99 Å². The Morgan fingerprint density at radius 1 is 1.23 bits per heavy atom. The summed E-state index contributed by atoms with van der Waals surface area (Å²) in [4.78, 5) is 8.80. The summed E-state index contributed by atoms with van der Waals surface area (Å²) in [5.74, 6) is 0.476. The lowest BCUT2D eigenvalue weighted by molar-refractivity contribution is 0.741. The number of aromatic nitrogens is 1. The summed E-state index contributed by atoms with van der Waals surface area (Å²) < 4.78 is 0. The standard InChI is InChI=1S/C16H22N4S.HI/c1-12-6-8-14(9-7-12)20-16(17)18-10-4-3-5-15-19-13(2)11-21-15;/h6-9,11H,3-5,10H2,1-2H3,(H3,17,18,20);1H. The molecule has 0 spiro atoms. The highest BCUT2D eigenvalue weighted by atomic mass is 127. The number of halogens is 1. The maximum atomic E-state index is 5.87. The van der Waals surface area contributed by atoms with Crippen LogP contribution >= 0.6 is 35.3 Å². The van der Waals surface area contributed by atoms with Gasteiger partial charge in [-0.15, -0.1) is 35.3 Å². The average molecular weight is 430 g/mol. The minimum absolute atomic E-state index is 0. The number of aryl methyl sites for hydroxylation is 3. The first-order valence-corrected chi connectivity index (χ1v) is 8.06.